The summed E-state index contributed by atoms with van der Waals surface area (Å²) < 4.78 is 11.4. The topological polar surface area (TPSA) is 57.7 Å². The molecule has 2 rings (SSSR count). The van der Waals surface area contributed by atoms with Gasteiger partial charge in [0.05, 0.1) is 0 Å². The summed E-state index contributed by atoms with van der Waals surface area (Å²) in [5.74, 6) is 0.183. The van der Waals surface area contributed by atoms with Crippen molar-refractivity contribution in [2.24, 2.45) is 0 Å². The first-order valence-electron chi connectivity index (χ1n) is 7.40. The Hall–Kier alpha value is -0.910. The molecule has 6 heteroatoms. The summed E-state index contributed by atoms with van der Waals surface area (Å²) in [5.41, 5.74) is 0. The third kappa shape index (κ3) is 2.75. The second kappa shape index (κ2) is 6.24. The fourth-order valence-corrected chi connectivity index (χ4v) is 3.54. The van der Waals surface area contributed by atoms with Crippen molar-refractivity contribution in [3.63, 3.8) is 0 Å². The molecule has 2 saturated heterocycles. The summed E-state index contributed by atoms with van der Waals surface area (Å²) in [4.78, 5) is 28.5. The summed E-state index contributed by atoms with van der Waals surface area (Å²) in [7, 11) is -0.886. The maximum Gasteiger partial charge on any atom is 0.246 e. The van der Waals surface area contributed by atoms with E-state index in [1.54, 1.807) is 16.1 Å². The highest BCUT2D eigenvalue weighted by atomic mass is 32.2. The molecule has 0 aromatic heterocycles. The minimum Gasteiger partial charge on any atom is -0.329 e. The van der Waals surface area contributed by atoms with Crippen LogP contribution in [0.5, 0.6) is 0 Å². The maximum absolute atomic E-state index is 12.6. The van der Waals surface area contributed by atoms with E-state index >= 15 is 0 Å². The molecule has 0 aromatic carbocycles. The van der Waals surface area contributed by atoms with Crippen LogP contribution in [0, 0.1) is 0 Å². The zero-order valence-electron chi connectivity index (χ0n) is 12.5. The highest BCUT2D eigenvalue weighted by molar-refractivity contribution is 7.84. The lowest BCUT2D eigenvalue weighted by atomic mass is 10.0. The number of nitrogens with zero attached hydrogens (tertiary/aromatic N) is 2. The normalized spacial score (nSPS) is 29.6. The van der Waals surface area contributed by atoms with E-state index in [2.05, 4.69) is 0 Å². The van der Waals surface area contributed by atoms with E-state index in [-0.39, 0.29) is 29.1 Å². The van der Waals surface area contributed by atoms with Gasteiger partial charge in [0, 0.05) is 35.4 Å². The first kappa shape index (κ1) is 15.5. The zero-order valence-corrected chi connectivity index (χ0v) is 13.3. The predicted octanol–water partition coefficient (Wildman–Crippen LogP) is 0.755. The van der Waals surface area contributed by atoms with Crippen LogP contribution >= 0.6 is 0 Å². The predicted molar refractivity (Wildman–Crippen MR) is 78.7 cm³/mol. The van der Waals surface area contributed by atoms with Crippen LogP contribution in [0.25, 0.3) is 0 Å². The van der Waals surface area contributed by atoms with Crippen LogP contribution in [0.4, 0.5) is 0 Å². The van der Waals surface area contributed by atoms with Crippen molar-refractivity contribution in [1.29, 1.82) is 0 Å². The van der Waals surface area contributed by atoms with Gasteiger partial charge >= 0.3 is 0 Å². The quantitative estimate of drug-likeness (QED) is 0.753. The van der Waals surface area contributed by atoms with Crippen molar-refractivity contribution in [3.8, 4) is 0 Å². The van der Waals surface area contributed by atoms with Gasteiger partial charge in [-0.3, -0.25) is 13.8 Å². The molecule has 0 aliphatic carbocycles. The molecule has 0 spiro atoms. The highest BCUT2D eigenvalue weighted by Crippen LogP contribution is 2.28. The van der Waals surface area contributed by atoms with Gasteiger partial charge in [-0.25, -0.2) is 0 Å². The van der Waals surface area contributed by atoms with Crippen molar-refractivity contribution in [2.75, 3.05) is 19.3 Å². The van der Waals surface area contributed by atoms with Crippen LogP contribution in [0.2, 0.25) is 0 Å². The summed E-state index contributed by atoms with van der Waals surface area (Å²) in [6.45, 7) is 5.12. The lowest BCUT2D eigenvalue weighted by molar-refractivity contribution is -0.159. The molecule has 114 valence electrons. The van der Waals surface area contributed by atoms with E-state index in [0.29, 0.717) is 19.4 Å². The van der Waals surface area contributed by atoms with Gasteiger partial charge in [-0.15, -0.1) is 0 Å². The molecule has 4 atom stereocenters. The standard InChI is InChI=1S/C14H24N2O3S/c1-4-11-13(17)15-8-5-6-12(15)14(18)16(11)9-7-10(2)20(3)19/h10-12H,4-9H2,1-3H3. The highest BCUT2D eigenvalue weighted by Gasteiger charge is 2.46. The van der Waals surface area contributed by atoms with E-state index in [0.717, 1.165) is 19.4 Å². The van der Waals surface area contributed by atoms with E-state index in [1.165, 1.54) is 0 Å². The number of rotatable bonds is 5. The Labute approximate surface area is 123 Å². The van der Waals surface area contributed by atoms with E-state index in [1.807, 2.05) is 13.8 Å². The van der Waals surface area contributed by atoms with Gasteiger partial charge in [-0.1, -0.05) is 13.8 Å². The first-order valence-corrected chi connectivity index (χ1v) is 9.02. The SMILES string of the molecule is CCC1C(=O)N2CCCC2C(=O)N1CCC(C)S(C)=O. The van der Waals surface area contributed by atoms with Crippen LogP contribution in [0.3, 0.4) is 0 Å². The molecular weight excluding hydrogens is 276 g/mol. The van der Waals surface area contributed by atoms with E-state index in [9.17, 15) is 13.8 Å². The van der Waals surface area contributed by atoms with Crippen molar-refractivity contribution in [1.82, 2.24) is 9.80 Å². The van der Waals surface area contributed by atoms with Crippen LogP contribution in [-0.2, 0) is 20.4 Å². The number of hydrogen-bond donors (Lipinski definition) is 0. The Morgan fingerprint density at radius 3 is 2.65 bits per heavy atom. The monoisotopic (exact) mass is 300 g/mol. The van der Waals surface area contributed by atoms with Crippen molar-refractivity contribution >= 4 is 22.6 Å². The number of hydrogen-bond acceptors (Lipinski definition) is 3. The molecule has 0 radical (unpaired) electrons. The van der Waals surface area contributed by atoms with Gasteiger partial charge in [0.15, 0.2) is 0 Å². The number of piperazine rings is 1. The minimum atomic E-state index is -0.886. The first-order chi connectivity index (χ1) is 9.47. The van der Waals surface area contributed by atoms with Crippen LogP contribution in [0.15, 0.2) is 0 Å². The fourth-order valence-electron chi connectivity index (χ4n) is 3.10. The lowest BCUT2D eigenvalue weighted by Crippen LogP contribution is -2.62. The van der Waals surface area contributed by atoms with Gasteiger partial charge in [-0.2, -0.15) is 0 Å². The molecule has 0 saturated carbocycles. The molecule has 4 unspecified atom stereocenters. The maximum atomic E-state index is 12.6. The van der Waals surface area contributed by atoms with Gasteiger partial charge < -0.3 is 9.80 Å². The molecule has 5 nitrogen and oxygen atoms in total. The fraction of sp³-hybridized carbons (Fsp3) is 0.857. The number of carbonyl (C=O) groups excluding carboxylic acids is 2. The summed E-state index contributed by atoms with van der Waals surface area (Å²) in [6.07, 6.45) is 4.72. The molecule has 0 bridgehead atoms. The van der Waals surface area contributed by atoms with Crippen LogP contribution < -0.4 is 0 Å². The Kier molecular flexibility index (Phi) is 4.83. The number of fused-ring (bicyclic) bond motifs is 1. The Morgan fingerprint density at radius 2 is 2.05 bits per heavy atom. The van der Waals surface area contributed by atoms with Crippen molar-refractivity contribution in [3.05, 3.63) is 0 Å². The van der Waals surface area contributed by atoms with Gasteiger partial charge in [-0.05, 0) is 25.7 Å². The summed E-state index contributed by atoms with van der Waals surface area (Å²) >= 11 is 0. The Morgan fingerprint density at radius 1 is 1.35 bits per heavy atom. The van der Waals surface area contributed by atoms with Gasteiger partial charge in [0.25, 0.3) is 0 Å². The van der Waals surface area contributed by atoms with E-state index < -0.39 is 10.8 Å². The zero-order chi connectivity index (χ0) is 14.9. The molecule has 2 heterocycles. The van der Waals surface area contributed by atoms with Crippen molar-refractivity contribution < 1.29 is 13.8 Å². The Bertz CT molecular complexity index is 427. The summed E-state index contributed by atoms with van der Waals surface area (Å²) in [6, 6.07) is -0.568. The molecule has 0 N–H and O–H groups in total. The second-order valence-corrected chi connectivity index (χ2v) is 7.55. The molecule has 20 heavy (non-hydrogen) atoms. The van der Waals surface area contributed by atoms with E-state index in [4.69, 9.17) is 0 Å². The molecule has 2 amide bonds. The smallest absolute Gasteiger partial charge is 0.246 e. The third-order valence-corrected chi connectivity index (χ3v) is 5.86. The number of carbonyl (C=O) groups is 2. The third-order valence-electron chi connectivity index (χ3n) is 4.50. The molecule has 0 aromatic rings. The van der Waals surface area contributed by atoms with Crippen molar-refractivity contribution in [2.45, 2.75) is 56.9 Å². The summed E-state index contributed by atoms with van der Waals surface area (Å²) in [5, 5.41) is 0.0528. The van der Waals surface area contributed by atoms with Gasteiger partial charge in [0.2, 0.25) is 11.8 Å². The lowest BCUT2D eigenvalue weighted by Gasteiger charge is -2.42. The largest absolute Gasteiger partial charge is 0.329 e. The number of amides is 2. The molecular formula is C14H24N2O3S. The van der Waals surface area contributed by atoms with Gasteiger partial charge in [0.1, 0.15) is 12.1 Å². The minimum absolute atomic E-state index is 0.0528. The molecule has 2 fully saturated rings. The Balaban J connectivity index is 2.10. The van der Waals surface area contributed by atoms with Crippen LogP contribution in [0.1, 0.15) is 39.5 Å². The second-order valence-electron chi connectivity index (χ2n) is 5.74. The molecule has 2 aliphatic heterocycles. The average Bonchev–Trinajstić information content (AvgIpc) is 2.90. The molecule has 2 aliphatic rings. The van der Waals surface area contributed by atoms with Crippen LogP contribution in [-0.4, -0.2) is 62.5 Å². The average molecular weight is 300 g/mol.